The molecule has 0 aromatic carbocycles. The van der Waals surface area contributed by atoms with Crippen LogP contribution in [0.2, 0.25) is 0 Å². The van der Waals surface area contributed by atoms with Gasteiger partial charge in [-0.25, -0.2) is 28.7 Å². The summed E-state index contributed by atoms with van der Waals surface area (Å²) in [5.41, 5.74) is 10.9. The van der Waals surface area contributed by atoms with Gasteiger partial charge in [-0.05, 0) is 0 Å². The second-order valence-corrected chi connectivity index (χ2v) is 13.6. The number of hydrogen-bond donors (Lipinski definition) is 6. The van der Waals surface area contributed by atoms with Crippen molar-refractivity contribution in [3.63, 3.8) is 0 Å². The van der Waals surface area contributed by atoms with Crippen molar-refractivity contribution >= 4 is 62.9 Å². The minimum Gasteiger partial charge on any atom is -0.468 e. The molecule has 2 saturated heterocycles. The second-order valence-electron chi connectivity index (χ2n) is 9.63. The van der Waals surface area contributed by atoms with Crippen LogP contribution in [0.3, 0.4) is 0 Å². The van der Waals surface area contributed by atoms with Crippen LogP contribution in [0.5, 0.6) is 0 Å². The van der Waals surface area contributed by atoms with Crippen LogP contribution in [0.25, 0.3) is 22.3 Å². The van der Waals surface area contributed by atoms with Gasteiger partial charge >= 0.3 is 17.0 Å². The fourth-order valence-corrected chi connectivity index (χ4v) is 6.40. The molecule has 25 heteroatoms. The fraction of sp³-hybridized carbons (Fsp3) is 0.400. The standard InChI is InChI=1S/C20H22F2N11O9PS2/c21-7-1-10(32-5-28-13-17(32)30-20(24)31-18(13)34)40-9(7)3-39-43(35,44)42-14-8(2-29-45(36,37)38)41-19(11(14)22)33-6-27-12-15(23)25-4-26-16(12)33/h3-8,10-11,14,19,29H,1-2H2,(H,35,44)(H2,23,25,26)(H,36,37,38)(H3,24,30,31,34)/b9-3+/t7-,8+,10+,11+,14+,19+,43?/m0/s1. The maximum Gasteiger partial charge on any atom is 0.377 e. The highest BCUT2D eigenvalue weighted by Gasteiger charge is 2.50. The lowest BCUT2D eigenvalue weighted by Crippen LogP contribution is -2.39. The number of alkyl halides is 2. The summed E-state index contributed by atoms with van der Waals surface area (Å²) in [6, 6.07) is 0. The molecule has 20 nitrogen and oxygen atoms in total. The Morgan fingerprint density at radius 1 is 1.20 bits per heavy atom. The zero-order valence-corrected chi connectivity index (χ0v) is 24.8. The third-order valence-electron chi connectivity index (χ3n) is 6.70. The number of fused-ring (bicyclic) bond motifs is 2. The zero-order chi connectivity index (χ0) is 32.3. The minimum absolute atomic E-state index is 0.00495. The van der Waals surface area contributed by atoms with Crippen molar-refractivity contribution < 1.29 is 45.2 Å². The number of ether oxygens (including phenoxy) is 2. The molecule has 2 aliphatic rings. The largest absolute Gasteiger partial charge is 0.468 e. The van der Waals surface area contributed by atoms with Crippen LogP contribution in [0.15, 0.2) is 35.8 Å². The van der Waals surface area contributed by atoms with Crippen LogP contribution in [0, 0.1) is 0 Å². The van der Waals surface area contributed by atoms with Gasteiger partial charge in [0.2, 0.25) is 5.95 Å². The van der Waals surface area contributed by atoms with E-state index in [1.54, 1.807) is 4.72 Å². The van der Waals surface area contributed by atoms with Crippen molar-refractivity contribution in [1.82, 2.24) is 43.8 Å². The van der Waals surface area contributed by atoms with Gasteiger partial charge in [0.25, 0.3) is 5.56 Å². The summed E-state index contributed by atoms with van der Waals surface area (Å²) in [6.45, 7) is -5.19. The van der Waals surface area contributed by atoms with E-state index in [-0.39, 0.29) is 40.5 Å². The average Bonchev–Trinajstić information content (AvgIpc) is 3.72. The lowest BCUT2D eigenvalue weighted by atomic mass is 10.1. The van der Waals surface area contributed by atoms with Crippen molar-refractivity contribution in [1.29, 1.82) is 0 Å². The second kappa shape index (κ2) is 11.5. The molecule has 8 N–H and O–H groups in total. The average molecular weight is 694 g/mol. The molecule has 4 aromatic heterocycles. The number of nitrogens with zero attached hydrogens (tertiary/aromatic N) is 7. The Kier molecular flexibility index (Phi) is 7.93. The Balaban J connectivity index is 1.20. The van der Waals surface area contributed by atoms with Gasteiger partial charge in [0.05, 0.1) is 6.33 Å². The van der Waals surface area contributed by atoms with E-state index in [0.29, 0.717) is 6.26 Å². The van der Waals surface area contributed by atoms with Crippen molar-refractivity contribution in [3.05, 3.63) is 41.4 Å². The Bertz CT molecular complexity index is 2030. The van der Waals surface area contributed by atoms with Gasteiger partial charge in [-0.3, -0.25) is 28.0 Å². The van der Waals surface area contributed by atoms with Crippen LogP contribution in [0.1, 0.15) is 18.9 Å². The van der Waals surface area contributed by atoms with Crippen molar-refractivity contribution in [2.24, 2.45) is 0 Å². The van der Waals surface area contributed by atoms with Gasteiger partial charge in [0.15, 0.2) is 53.2 Å². The molecule has 0 saturated carbocycles. The topological polar surface area (TPSA) is 283 Å². The predicted octanol–water partition coefficient (Wildman–Crippen LogP) is -0.531. The number of aromatic nitrogens is 8. The van der Waals surface area contributed by atoms with Crippen molar-refractivity contribution in [2.75, 3.05) is 18.0 Å². The molecular weight excluding hydrogens is 671 g/mol. The summed E-state index contributed by atoms with van der Waals surface area (Å²) < 4.78 is 88.5. The van der Waals surface area contributed by atoms with E-state index in [2.05, 4.69) is 29.9 Å². The predicted molar refractivity (Wildman–Crippen MR) is 151 cm³/mol. The van der Waals surface area contributed by atoms with Crippen LogP contribution in [-0.2, 0) is 40.6 Å². The van der Waals surface area contributed by atoms with Gasteiger partial charge in [0, 0.05) is 24.8 Å². The van der Waals surface area contributed by atoms with E-state index in [4.69, 9.17) is 46.3 Å². The molecule has 2 fully saturated rings. The van der Waals surface area contributed by atoms with Crippen LogP contribution in [0.4, 0.5) is 20.5 Å². The van der Waals surface area contributed by atoms with E-state index in [1.165, 1.54) is 10.9 Å². The molecule has 0 aliphatic carbocycles. The molecule has 6 rings (SSSR count). The quantitative estimate of drug-likeness (QED) is 0.0729. The number of hydrogen-bond acceptors (Lipinski definition) is 15. The lowest BCUT2D eigenvalue weighted by molar-refractivity contribution is -0.0188. The molecule has 6 heterocycles. The van der Waals surface area contributed by atoms with Crippen LogP contribution < -0.4 is 21.7 Å². The molecule has 4 aromatic rings. The zero-order valence-electron chi connectivity index (χ0n) is 22.2. The first kappa shape index (κ1) is 31.1. The SMILES string of the molecule is Nc1nc2c(ncn2[C@H]2C[C@H](F)/C(=C\OP(O)(=S)O[C@H]3[C@@H](F)[C@H](n4cnc5c(N)ncnc54)O[C@@H]3CNS(=O)(=O)O)O2)c(=O)[nH]1. The number of rotatable bonds is 9. The molecule has 1 unspecified atom stereocenters. The summed E-state index contributed by atoms with van der Waals surface area (Å²) in [7, 11) is -4.76. The molecular formula is C20H22F2N11O9PS2. The number of aromatic amines is 1. The smallest absolute Gasteiger partial charge is 0.377 e. The van der Waals surface area contributed by atoms with Crippen LogP contribution in [-0.4, -0.2) is 88.0 Å². The molecule has 0 spiro atoms. The number of imidazole rings is 2. The fourth-order valence-electron chi connectivity index (χ4n) is 4.75. The Labute approximate surface area is 254 Å². The molecule has 0 amide bonds. The molecule has 7 atom stereocenters. The van der Waals surface area contributed by atoms with Gasteiger partial charge < -0.3 is 30.4 Å². The van der Waals surface area contributed by atoms with E-state index in [0.717, 1.165) is 17.2 Å². The normalized spacial score (nSPS) is 27.7. The molecule has 0 bridgehead atoms. The minimum atomic E-state index is -4.76. The highest BCUT2D eigenvalue weighted by Crippen LogP contribution is 2.50. The monoisotopic (exact) mass is 693 g/mol. The van der Waals surface area contributed by atoms with E-state index in [1.807, 2.05) is 0 Å². The molecule has 0 radical (unpaired) electrons. The number of allylic oxidation sites excluding steroid dienone is 1. The Hall–Kier alpha value is -3.90. The Morgan fingerprint density at radius 3 is 2.69 bits per heavy atom. The van der Waals surface area contributed by atoms with E-state index < -0.39 is 71.9 Å². The number of halogens is 2. The van der Waals surface area contributed by atoms with Gasteiger partial charge in [-0.1, -0.05) is 0 Å². The first-order valence-electron chi connectivity index (χ1n) is 12.6. The number of H-pyrrole nitrogens is 1. The maximum absolute atomic E-state index is 15.9. The Morgan fingerprint density at radius 2 is 1.93 bits per heavy atom. The summed E-state index contributed by atoms with van der Waals surface area (Å²) in [5.74, 6) is -0.639. The van der Waals surface area contributed by atoms with Gasteiger partial charge in [-0.2, -0.15) is 18.1 Å². The highest BCUT2D eigenvalue weighted by molar-refractivity contribution is 8.07. The number of nitrogens with two attached hydrogens (primary N) is 2. The van der Waals surface area contributed by atoms with Crippen molar-refractivity contribution in [3.8, 4) is 0 Å². The summed E-state index contributed by atoms with van der Waals surface area (Å²) in [4.78, 5) is 44.9. The van der Waals surface area contributed by atoms with Gasteiger partial charge in [-0.15, -0.1) is 0 Å². The third kappa shape index (κ3) is 6.17. The third-order valence-corrected chi connectivity index (χ3v) is 8.63. The first-order valence-corrected chi connectivity index (χ1v) is 16.6. The lowest BCUT2D eigenvalue weighted by Gasteiger charge is -2.24. The summed E-state index contributed by atoms with van der Waals surface area (Å²) >= 11 is 5.01. The molecule has 45 heavy (non-hydrogen) atoms. The van der Waals surface area contributed by atoms with Crippen LogP contribution >= 0.6 is 6.72 Å². The maximum atomic E-state index is 15.9. The molecule has 2 aliphatic heterocycles. The van der Waals surface area contributed by atoms with E-state index in [9.17, 15) is 22.5 Å². The first-order chi connectivity index (χ1) is 21.2. The number of nitrogens with one attached hydrogen (secondary N) is 2. The highest BCUT2D eigenvalue weighted by atomic mass is 32.5. The molecule has 242 valence electrons. The number of nitrogen functional groups attached to an aromatic ring is 2. The summed E-state index contributed by atoms with van der Waals surface area (Å²) in [6.07, 6.45) is -6.00. The number of anilines is 2. The summed E-state index contributed by atoms with van der Waals surface area (Å²) in [5, 5.41) is 0. The van der Waals surface area contributed by atoms with Crippen molar-refractivity contribution in [2.45, 2.75) is 43.4 Å². The van der Waals surface area contributed by atoms with E-state index >= 15 is 4.39 Å². The van der Waals surface area contributed by atoms with Gasteiger partial charge in [0.1, 0.15) is 36.6 Å².